The molecule has 1 unspecified atom stereocenters. The van der Waals surface area contributed by atoms with E-state index in [-0.39, 0.29) is 6.10 Å². The van der Waals surface area contributed by atoms with Crippen molar-refractivity contribution >= 4 is 50.9 Å². The molecular formula is C11H11ClIN2O2P. The highest BCUT2D eigenvalue weighted by Crippen LogP contribution is 2.35. The summed E-state index contributed by atoms with van der Waals surface area (Å²) in [5.41, 5.74) is 1.06. The van der Waals surface area contributed by atoms with Gasteiger partial charge >= 0.3 is 0 Å². The highest BCUT2D eigenvalue weighted by molar-refractivity contribution is 14.2. The maximum absolute atomic E-state index is 6.23. The summed E-state index contributed by atoms with van der Waals surface area (Å²) in [5, 5.41) is 5.98. The molecule has 2 heterocycles. The van der Waals surface area contributed by atoms with E-state index in [0.717, 1.165) is 29.7 Å². The maximum atomic E-state index is 6.23. The maximum Gasteiger partial charge on any atom is 0.140 e. The molecule has 18 heavy (non-hydrogen) atoms. The van der Waals surface area contributed by atoms with Gasteiger partial charge in [-0.05, 0) is 28.1 Å². The Morgan fingerprint density at radius 2 is 2.44 bits per heavy atom. The van der Waals surface area contributed by atoms with Crippen LogP contribution in [-0.2, 0) is 4.74 Å². The van der Waals surface area contributed by atoms with Crippen LogP contribution in [0.25, 0.3) is 10.9 Å². The van der Waals surface area contributed by atoms with Gasteiger partial charge in [0.05, 0.1) is 36.3 Å². The Morgan fingerprint density at radius 3 is 3.17 bits per heavy atom. The van der Waals surface area contributed by atoms with Gasteiger partial charge in [0.2, 0.25) is 0 Å². The molecule has 2 atom stereocenters. The summed E-state index contributed by atoms with van der Waals surface area (Å²) in [6.45, 7) is 1.40. The van der Waals surface area contributed by atoms with Gasteiger partial charge in [0.15, 0.2) is 0 Å². The molecule has 4 nitrogen and oxygen atoms in total. The average Bonchev–Trinajstić information content (AvgIpc) is 2.99. The standard InChI is InChI=1S/C11H11ClIN2O2P/c12-9-3-7-5-14-15(18-13)10(7)4-11(9)17-8-1-2-16-6-8/h3-5,8,18H,1-2,6H2/t8-/m0/s1. The zero-order valence-corrected chi connectivity index (χ0v) is 13.3. The lowest BCUT2D eigenvalue weighted by molar-refractivity contribution is 0.141. The van der Waals surface area contributed by atoms with Crippen molar-refractivity contribution in [2.24, 2.45) is 0 Å². The van der Waals surface area contributed by atoms with Gasteiger partial charge in [0, 0.05) is 17.9 Å². The minimum Gasteiger partial charge on any atom is -0.486 e. The van der Waals surface area contributed by atoms with E-state index in [1.54, 1.807) is 0 Å². The first kappa shape index (κ1) is 12.9. The van der Waals surface area contributed by atoms with Crippen LogP contribution in [0.3, 0.4) is 0 Å². The molecular weight excluding hydrogens is 385 g/mol. The third kappa shape index (κ3) is 2.46. The Balaban J connectivity index is 1.96. The molecule has 3 rings (SSSR count). The smallest absolute Gasteiger partial charge is 0.140 e. The van der Waals surface area contributed by atoms with E-state index in [0.29, 0.717) is 18.0 Å². The zero-order valence-electron chi connectivity index (χ0n) is 9.40. The topological polar surface area (TPSA) is 36.3 Å². The lowest BCUT2D eigenvalue weighted by Crippen LogP contribution is -2.15. The number of benzene rings is 1. The van der Waals surface area contributed by atoms with E-state index in [9.17, 15) is 0 Å². The van der Waals surface area contributed by atoms with Gasteiger partial charge in [-0.3, -0.25) is 0 Å². The lowest BCUT2D eigenvalue weighted by Gasteiger charge is -2.13. The van der Waals surface area contributed by atoms with Gasteiger partial charge in [-0.1, -0.05) is 11.6 Å². The molecule has 2 aromatic rings. The molecule has 1 aromatic heterocycles. The van der Waals surface area contributed by atoms with Crippen LogP contribution in [-0.4, -0.2) is 28.9 Å². The minimum atomic E-state index is 0.110. The lowest BCUT2D eigenvalue weighted by atomic mass is 10.2. The predicted molar refractivity (Wildman–Crippen MR) is 82.3 cm³/mol. The molecule has 0 radical (unpaired) electrons. The van der Waals surface area contributed by atoms with Crippen LogP contribution >= 0.6 is 40.0 Å². The highest BCUT2D eigenvalue weighted by Gasteiger charge is 2.19. The number of fused-ring (bicyclic) bond motifs is 1. The number of rotatable bonds is 3. The Hall–Kier alpha value is -0.100. The SMILES string of the molecule is Clc1cc2cnn(PI)c2cc1O[C@H]1CCOC1. The Labute approximate surface area is 124 Å². The Bertz CT molecular complexity index is 571. The van der Waals surface area contributed by atoms with Crippen molar-refractivity contribution < 1.29 is 9.47 Å². The van der Waals surface area contributed by atoms with Gasteiger partial charge < -0.3 is 9.47 Å². The third-order valence-corrected chi connectivity index (χ3v) is 5.07. The number of hydrogen-bond acceptors (Lipinski definition) is 3. The molecule has 0 aliphatic carbocycles. The quantitative estimate of drug-likeness (QED) is 0.587. The largest absolute Gasteiger partial charge is 0.486 e. The number of ether oxygens (including phenoxy) is 2. The number of nitrogens with zero attached hydrogens (tertiary/aromatic N) is 2. The van der Waals surface area contributed by atoms with Gasteiger partial charge in [-0.15, -0.1) is 0 Å². The van der Waals surface area contributed by atoms with Crippen LogP contribution in [0.1, 0.15) is 6.42 Å². The molecule has 7 heteroatoms. The van der Waals surface area contributed by atoms with E-state index >= 15 is 0 Å². The van der Waals surface area contributed by atoms with E-state index in [1.165, 1.54) is 0 Å². The fraction of sp³-hybridized carbons (Fsp3) is 0.364. The predicted octanol–water partition coefficient (Wildman–Crippen LogP) is 3.65. The first-order valence-electron chi connectivity index (χ1n) is 5.56. The molecule has 1 aliphatic rings. The monoisotopic (exact) mass is 396 g/mol. The van der Waals surface area contributed by atoms with Gasteiger partial charge in [0.25, 0.3) is 0 Å². The van der Waals surface area contributed by atoms with Crippen molar-refractivity contribution in [1.82, 2.24) is 9.55 Å². The molecule has 0 bridgehead atoms. The van der Waals surface area contributed by atoms with Gasteiger partial charge in [-0.25, -0.2) is 4.45 Å². The fourth-order valence-corrected chi connectivity index (χ4v) is 3.73. The van der Waals surface area contributed by atoms with Crippen LogP contribution in [0.15, 0.2) is 18.3 Å². The summed E-state index contributed by atoms with van der Waals surface area (Å²) in [6, 6.07) is 3.87. The molecule has 1 saturated heterocycles. The van der Waals surface area contributed by atoms with Crippen molar-refractivity contribution in [2.75, 3.05) is 13.2 Å². The first-order chi connectivity index (χ1) is 8.78. The summed E-state index contributed by atoms with van der Waals surface area (Å²) >= 11 is 8.53. The molecule has 1 aliphatic heterocycles. The molecule has 96 valence electrons. The molecule has 0 saturated carbocycles. The molecule has 1 fully saturated rings. The van der Waals surface area contributed by atoms with Gasteiger partial charge in [0.1, 0.15) is 11.9 Å². The average molecular weight is 397 g/mol. The molecule has 0 spiro atoms. The van der Waals surface area contributed by atoms with Crippen molar-refractivity contribution in [2.45, 2.75) is 12.5 Å². The van der Waals surface area contributed by atoms with E-state index in [1.807, 2.05) is 22.8 Å². The van der Waals surface area contributed by atoms with Crippen LogP contribution in [0.2, 0.25) is 5.02 Å². The van der Waals surface area contributed by atoms with Crippen molar-refractivity contribution in [3.63, 3.8) is 0 Å². The van der Waals surface area contributed by atoms with E-state index in [4.69, 9.17) is 21.1 Å². The van der Waals surface area contributed by atoms with Crippen LogP contribution in [0.5, 0.6) is 5.75 Å². The van der Waals surface area contributed by atoms with Crippen LogP contribution in [0.4, 0.5) is 0 Å². The molecule has 1 aromatic carbocycles. The number of halogens is 2. The van der Waals surface area contributed by atoms with Gasteiger partial charge in [-0.2, -0.15) is 5.10 Å². The first-order valence-corrected chi connectivity index (χ1v) is 10.00. The second kappa shape index (κ2) is 5.49. The van der Waals surface area contributed by atoms with Crippen LogP contribution in [0, 0.1) is 0 Å². The van der Waals surface area contributed by atoms with E-state index in [2.05, 4.69) is 27.1 Å². The van der Waals surface area contributed by atoms with Crippen LogP contribution < -0.4 is 4.74 Å². The van der Waals surface area contributed by atoms with E-state index < -0.39 is 0 Å². The Morgan fingerprint density at radius 1 is 1.56 bits per heavy atom. The molecule has 0 N–H and O–H groups in total. The second-order valence-electron chi connectivity index (χ2n) is 4.09. The van der Waals surface area contributed by atoms with Crippen molar-refractivity contribution in [3.8, 4) is 5.75 Å². The minimum absolute atomic E-state index is 0.110. The highest BCUT2D eigenvalue weighted by atomic mass is 127. The molecule has 0 amide bonds. The summed E-state index contributed by atoms with van der Waals surface area (Å²) in [5.74, 6) is 0.719. The number of hydrogen-bond donors (Lipinski definition) is 0. The summed E-state index contributed by atoms with van der Waals surface area (Å²) < 4.78 is 13.1. The zero-order chi connectivity index (χ0) is 12.5. The normalized spacial score (nSPS) is 20.2. The van der Waals surface area contributed by atoms with Crippen molar-refractivity contribution in [3.05, 3.63) is 23.4 Å². The second-order valence-corrected chi connectivity index (χ2v) is 6.53. The summed E-state index contributed by atoms with van der Waals surface area (Å²) in [7, 11) is 0. The third-order valence-electron chi connectivity index (χ3n) is 2.88. The summed E-state index contributed by atoms with van der Waals surface area (Å²) in [6.07, 6.45) is 3.42. The summed E-state index contributed by atoms with van der Waals surface area (Å²) in [4.78, 5) is 0. The van der Waals surface area contributed by atoms with Crippen molar-refractivity contribution in [1.29, 1.82) is 0 Å². The number of aromatic nitrogens is 2. The Kier molecular flexibility index (Phi) is 3.94. The fourth-order valence-electron chi connectivity index (χ4n) is 1.97.